The van der Waals surface area contributed by atoms with Crippen molar-refractivity contribution >= 4 is 29.1 Å². The van der Waals surface area contributed by atoms with E-state index in [-0.39, 0.29) is 44.2 Å². The van der Waals surface area contributed by atoms with Gasteiger partial charge in [0, 0.05) is 37.7 Å². The number of nitrogens with one attached hydrogen (secondary N) is 1. The second-order valence-corrected chi connectivity index (χ2v) is 10.7. The molecular weight excluding hydrogens is 611 g/mol. The van der Waals surface area contributed by atoms with Crippen LogP contribution in [0, 0.1) is 18.6 Å². The number of aromatic nitrogens is 6. The first-order chi connectivity index (χ1) is 20.5. The Morgan fingerprint density at radius 2 is 1.98 bits per heavy atom. The van der Waals surface area contributed by atoms with E-state index in [1.807, 2.05) is 0 Å². The van der Waals surface area contributed by atoms with E-state index in [1.54, 1.807) is 6.92 Å². The van der Waals surface area contributed by atoms with E-state index >= 15 is 0 Å². The number of hydrogen-bond acceptors (Lipinski definition) is 9. The second-order valence-electron chi connectivity index (χ2n) is 9.90. The highest BCUT2D eigenvalue weighted by atomic mass is 35.5. The lowest BCUT2D eigenvalue weighted by atomic mass is 9.89. The van der Waals surface area contributed by atoms with Gasteiger partial charge in [0.25, 0.3) is 5.91 Å². The largest absolute Gasteiger partial charge is 0.391 e. The van der Waals surface area contributed by atoms with Gasteiger partial charge in [-0.1, -0.05) is 23.2 Å². The third-order valence-corrected chi connectivity index (χ3v) is 7.62. The molecule has 0 saturated carbocycles. The predicted octanol–water partition coefficient (Wildman–Crippen LogP) is 3.22. The quantitative estimate of drug-likeness (QED) is 0.260. The molecule has 1 fully saturated rings. The van der Waals surface area contributed by atoms with Crippen LogP contribution < -0.4 is 5.32 Å². The van der Waals surface area contributed by atoms with Gasteiger partial charge in [-0.3, -0.25) is 9.48 Å². The van der Waals surface area contributed by atoms with E-state index in [4.69, 9.17) is 32.7 Å². The van der Waals surface area contributed by atoms with Gasteiger partial charge in [0.1, 0.15) is 36.3 Å². The Morgan fingerprint density at radius 1 is 1.23 bits per heavy atom. The number of methoxy groups -OCH3 is 1. The third-order valence-electron chi connectivity index (χ3n) is 7.12. The van der Waals surface area contributed by atoms with Crippen molar-refractivity contribution in [3.05, 3.63) is 75.8 Å². The Kier molecular flexibility index (Phi) is 8.79. The lowest BCUT2D eigenvalue weighted by Crippen LogP contribution is -2.56. The summed E-state index contributed by atoms with van der Waals surface area (Å²) in [5, 5.41) is 33.6. The van der Waals surface area contributed by atoms with Crippen molar-refractivity contribution in [2.24, 2.45) is 0 Å². The van der Waals surface area contributed by atoms with Crippen LogP contribution in [0.2, 0.25) is 10.0 Å². The lowest BCUT2D eigenvalue weighted by Gasteiger charge is -2.44. The maximum absolute atomic E-state index is 14.7. The minimum absolute atomic E-state index is 0.0179. The normalized spacial score (nSPS) is 22.9. The van der Waals surface area contributed by atoms with Crippen LogP contribution in [-0.4, -0.2) is 84.2 Å². The van der Waals surface area contributed by atoms with Crippen molar-refractivity contribution in [1.29, 1.82) is 0 Å². The Labute approximate surface area is 254 Å². The van der Waals surface area contributed by atoms with E-state index < -0.39 is 54.1 Å². The van der Waals surface area contributed by atoms with Crippen molar-refractivity contribution in [3.63, 3.8) is 0 Å². The van der Waals surface area contributed by atoms with Gasteiger partial charge in [-0.05, 0) is 32.0 Å². The average Bonchev–Trinajstić information content (AvgIpc) is 3.61. The number of ether oxygens (including phenoxy) is 2. The molecule has 1 aliphatic rings. The van der Waals surface area contributed by atoms with Crippen molar-refractivity contribution in [2.45, 2.75) is 50.4 Å². The Morgan fingerprint density at radius 3 is 2.65 bits per heavy atom. The van der Waals surface area contributed by atoms with Crippen LogP contribution in [0.25, 0.3) is 16.8 Å². The Balaban J connectivity index is 1.62. The summed E-state index contributed by atoms with van der Waals surface area (Å²) in [7, 11) is 2.82. The molecule has 0 spiro atoms. The topological polar surface area (TPSA) is 149 Å². The summed E-state index contributed by atoms with van der Waals surface area (Å²) in [6, 6.07) is 2.97. The summed E-state index contributed by atoms with van der Waals surface area (Å²) >= 11 is 11.9. The number of aliphatic hydroxyl groups is 2. The summed E-state index contributed by atoms with van der Waals surface area (Å²) in [6.07, 6.45) is -1.78. The van der Waals surface area contributed by atoms with Crippen molar-refractivity contribution in [1.82, 2.24) is 34.8 Å². The van der Waals surface area contributed by atoms with Crippen LogP contribution >= 0.6 is 23.2 Å². The summed E-state index contributed by atoms with van der Waals surface area (Å²) in [5.74, 6) is -2.54. The number of aliphatic hydroxyl groups excluding tert-OH is 2. The van der Waals surface area contributed by atoms with Gasteiger partial charge in [0.2, 0.25) is 0 Å². The van der Waals surface area contributed by atoms with Gasteiger partial charge < -0.3 is 25.0 Å². The maximum atomic E-state index is 14.7. The lowest BCUT2D eigenvalue weighted by molar-refractivity contribution is -0.230. The van der Waals surface area contributed by atoms with Crippen molar-refractivity contribution in [3.8, 4) is 16.8 Å². The molecule has 43 heavy (non-hydrogen) atoms. The summed E-state index contributed by atoms with van der Waals surface area (Å²) < 4.78 is 43.5. The first kappa shape index (κ1) is 30.9. The number of nitrogens with zero attached hydrogens (tertiary/aromatic N) is 6. The molecule has 0 aliphatic carbocycles. The number of hydrogen-bond donors (Lipinski definition) is 3. The summed E-state index contributed by atoms with van der Waals surface area (Å²) in [5.41, 5.74) is 0.249. The van der Waals surface area contributed by atoms with Crippen LogP contribution in [0.1, 0.15) is 41.2 Å². The number of amides is 1. The molecular formula is C27H27Cl2F2N7O5. The first-order valence-corrected chi connectivity index (χ1v) is 13.8. The molecule has 3 N–H and O–H groups in total. The average molecular weight is 638 g/mol. The number of pyridine rings is 1. The number of carbonyl (C=O) groups excluding carboxylic acids is 1. The van der Waals surface area contributed by atoms with Gasteiger partial charge in [0.15, 0.2) is 23.2 Å². The smallest absolute Gasteiger partial charge is 0.271 e. The van der Waals surface area contributed by atoms with Gasteiger partial charge in [0.05, 0.1) is 28.0 Å². The Bertz CT molecular complexity index is 1670. The molecule has 228 valence electrons. The molecule has 16 heteroatoms. The zero-order chi connectivity index (χ0) is 31.2. The maximum Gasteiger partial charge on any atom is 0.271 e. The van der Waals surface area contributed by atoms with E-state index in [0.29, 0.717) is 0 Å². The zero-order valence-electron chi connectivity index (χ0n) is 23.2. The van der Waals surface area contributed by atoms with E-state index in [1.165, 1.54) is 67.2 Å². The van der Waals surface area contributed by atoms with Gasteiger partial charge in [-0.25, -0.2) is 23.4 Å². The first-order valence-electron chi connectivity index (χ1n) is 13.0. The van der Waals surface area contributed by atoms with Gasteiger partial charge in [-0.15, -0.1) is 0 Å². The van der Waals surface area contributed by atoms with Crippen LogP contribution in [-0.2, 0) is 9.47 Å². The molecule has 5 rings (SSSR count). The summed E-state index contributed by atoms with van der Waals surface area (Å²) in [6.45, 7) is 3.09. The van der Waals surface area contributed by atoms with Crippen LogP contribution in [0.4, 0.5) is 8.78 Å². The molecule has 0 radical (unpaired) electrons. The number of aryl methyl sites for hydroxylation is 1. The summed E-state index contributed by atoms with van der Waals surface area (Å²) in [4.78, 5) is 21.3. The van der Waals surface area contributed by atoms with Crippen LogP contribution in [0.3, 0.4) is 0 Å². The molecule has 3 aromatic heterocycles. The molecule has 1 aromatic carbocycles. The minimum atomic E-state index is -1.45. The number of benzene rings is 1. The molecule has 12 nitrogen and oxygen atoms in total. The number of rotatable bonds is 7. The molecule has 1 saturated heterocycles. The fourth-order valence-corrected chi connectivity index (χ4v) is 5.44. The third kappa shape index (κ3) is 5.61. The number of carbonyl (C=O) groups is 1. The minimum Gasteiger partial charge on any atom is -0.391 e. The van der Waals surface area contributed by atoms with Crippen LogP contribution in [0.5, 0.6) is 0 Å². The molecule has 1 amide bonds. The van der Waals surface area contributed by atoms with E-state index in [9.17, 15) is 23.8 Å². The highest BCUT2D eigenvalue weighted by Crippen LogP contribution is 2.41. The highest BCUT2D eigenvalue weighted by Gasteiger charge is 2.50. The molecule has 0 bridgehead atoms. The van der Waals surface area contributed by atoms with Crippen molar-refractivity contribution in [2.75, 3.05) is 14.2 Å². The van der Waals surface area contributed by atoms with Crippen LogP contribution in [0.15, 0.2) is 36.8 Å². The fourth-order valence-electron chi connectivity index (χ4n) is 5.14. The highest BCUT2D eigenvalue weighted by molar-refractivity contribution is 6.31. The predicted molar refractivity (Wildman–Crippen MR) is 150 cm³/mol. The SMILES string of the molecule is CNC(=O)c1ncc(Cl)cc1-n1nc(C)nc1[C@@H]1OC(C(C)O)[C@H](OC)C(n2cc(-c3ccc(Cl)c(F)c3F)cn2)C1O. The zero-order valence-corrected chi connectivity index (χ0v) is 24.8. The Hall–Kier alpha value is -3.53. The molecule has 4 aromatic rings. The standard InChI is InChI=1S/C27H27Cl2F2N7O5/c1-11(39)23-24(42-4)21(37-10-13(8-34-37)15-5-6-16(29)19(31)18(15)30)22(40)25(43-23)26-35-12(2)36-38(26)17-7-14(28)9-33-20(17)27(41)32-3/h5-11,21-25,39-40H,1-4H3,(H,32,41)/t11?,21?,22?,23?,24-,25-/m1/s1. The van der Waals surface area contributed by atoms with E-state index in [2.05, 4.69) is 25.5 Å². The van der Waals surface area contributed by atoms with Gasteiger partial charge >= 0.3 is 0 Å². The molecule has 4 unspecified atom stereocenters. The molecule has 6 atom stereocenters. The van der Waals surface area contributed by atoms with Crippen molar-refractivity contribution < 1.29 is 33.3 Å². The molecule has 4 heterocycles. The van der Waals surface area contributed by atoms with Gasteiger partial charge in [-0.2, -0.15) is 10.2 Å². The monoisotopic (exact) mass is 637 g/mol. The fraction of sp³-hybridized carbons (Fsp3) is 0.370. The number of halogens is 4. The van der Waals surface area contributed by atoms with E-state index in [0.717, 1.165) is 0 Å². The molecule has 1 aliphatic heterocycles. The second kappa shape index (κ2) is 12.2.